The molecular formula is C82H85BN4S. The van der Waals surface area contributed by atoms with E-state index in [1.54, 1.807) is 0 Å². The molecule has 2 aliphatic carbocycles. The van der Waals surface area contributed by atoms with E-state index < -0.39 is 0 Å². The Morgan fingerprint density at radius 2 is 0.886 bits per heavy atom. The average molecular weight is 1170 g/mol. The summed E-state index contributed by atoms with van der Waals surface area (Å²) in [4.78, 5) is 11.2. The maximum Gasteiger partial charge on any atom is 0.252 e. The van der Waals surface area contributed by atoms with Gasteiger partial charge in [-0.25, -0.2) is 0 Å². The molecule has 6 aliphatic rings. The number of hydrogen-bond acceptors (Lipinski definition) is 5. The molecule has 2 fully saturated rings. The predicted octanol–water partition coefficient (Wildman–Crippen LogP) is 21.2. The van der Waals surface area contributed by atoms with Crippen molar-refractivity contribution in [1.82, 2.24) is 0 Å². The Labute approximate surface area is 528 Å². The molecule has 2 saturated carbocycles. The lowest BCUT2D eigenvalue weighted by Crippen LogP contribution is -2.62. The van der Waals surface area contributed by atoms with Gasteiger partial charge in [0.15, 0.2) is 0 Å². The summed E-state index contributed by atoms with van der Waals surface area (Å²) in [6.45, 7) is 31.7. The van der Waals surface area contributed by atoms with Gasteiger partial charge < -0.3 is 19.6 Å². The van der Waals surface area contributed by atoms with Gasteiger partial charge in [-0.2, -0.15) is 0 Å². The zero-order valence-corrected chi connectivity index (χ0v) is 55.1. The van der Waals surface area contributed by atoms with Crippen molar-refractivity contribution in [3.63, 3.8) is 0 Å². The summed E-state index contributed by atoms with van der Waals surface area (Å²) in [5, 5.41) is 2.63. The first kappa shape index (κ1) is 55.8. The van der Waals surface area contributed by atoms with E-state index in [1.807, 2.05) is 11.3 Å². The van der Waals surface area contributed by atoms with E-state index in [0.717, 1.165) is 19.3 Å². The minimum Gasteiger partial charge on any atom is -0.334 e. The molecule has 9 aromatic carbocycles. The van der Waals surface area contributed by atoms with Crippen LogP contribution in [0.1, 0.15) is 169 Å². The van der Waals surface area contributed by atoms with Gasteiger partial charge in [-0.3, -0.25) is 0 Å². The van der Waals surface area contributed by atoms with Crippen LogP contribution in [0.5, 0.6) is 0 Å². The molecule has 442 valence electrons. The first-order valence-corrected chi connectivity index (χ1v) is 33.9. The highest BCUT2D eigenvalue weighted by Crippen LogP contribution is 2.64. The maximum atomic E-state index is 2.84. The quantitative estimate of drug-likeness (QED) is 0.159. The van der Waals surface area contributed by atoms with Gasteiger partial charge in [0.05, 0.1) is 22.5 Å². The van der Waals surface area contributed by atoms with E-state index in [-0.39, 0.29) is 44.9 Å². The molecule has 10 aromatic rings. The first-order valence-electron chi connectivity index (χ1n) is 33.0. The van der Waals surface area contributed by atoms with Crippen molar-refractivity contribution in [3.05, 3.63) is 210 Å². The van der Waals surface area contributed by atoms with Crippen molar-refractivity contribution in [2.24, 2.45) is 0 Å². The monoisotopic (exact) mass is 1170 g/mol. The van der Waals surface area contributed by atoms with Crippen LogP contribution >= 0.6 is 11.3 Å². The third kappa shape index (κ3) is 7.75. The number of fused-ring (bicyclic) bond motifs is 13. The normalized spacial score (nSPS) is 22.8. The van der Waals surface area contributed by atoms with Crippen LogP contribution in [0, 0.1) is 0 Å². The molecular weight excluding hydrogens is 1080 g/mol. The van der Waals surface area contributed by atoms with Gasteiger partial charge in [0.1, 0.15) is 0 Å². The van der Waals surface area contributed by atoms with Gasteiger partial charge in [0, 0.05) is 82.1 Å². The fourth-order valence-corrected chi connectivity index (χ4v) is 19.0. The van der Waals surface area contributed by atoms with Crippen LogP contribution < -0.4 is 36.0 Å². The molecule has 0 N–H and O–H groups in total. The van der Waals surface area contributed by atoms with Crippen LogP contribution in [-0.4, -0.2) is 17.8 Å². The average Bonchev–Trinajstić information content (AvgIpc) is 1.12. The number of benzene rings is 9. The van der Waals surface area contributed by atoms with Crippen LogP contribution in [0.15, 0.2) is 182 Å². The summed E-state index contributed by atoms with van der Waals surface area (Å²) in [7, 11) is 0. The smallest absolute Gasteiger partial charge is 0.252 e. The molecule has 4 nitrogen and oxygen atoms in total. The standard InChI is InChI=1S/C82H85BN4S/c1-76(2,3)53-35-40-64(59(46-53)52-26-15-14-16-27-52)84-69-49-56(86-66-41-36-54(77(4,5)6)47-61(66)80(11)43-22-24-45-82(80,86)13)37-39-63(69)83-62-38-34-55(78(7,8)9)48-68(62)85(67-31-25-33-73-74(67)58-28-17-20-32-72(58)88-73)71-51-57(50-70(84)75(71)83)87-65-30-19-18-29-60(65)79(10)42-21-23-44-81(79,87)12/h14-20,25-41,46-51H,21-24,42-45H2,1-13H3. The molecule has 0 bridgehead atoms. The SMILES string of the molecule is CC(C)(C)c1ccc(N2c3cc(N4c5ccc(C(C)(C)C)cc5C5(C)CCCCC45C)ccc3B3c4ccc(C(C)(C)C)cc4N(c4cccc5sc6ccccc6c45)c4cc(N5c6ccccc6C6(C)CCCCC56C)cc2c43)c(-c2ccccc2)c1. The Kier molecular flexibility index (Phi) is 12.0. The fraction of sp³-hybridized carbons (Fsp3) is 0.341. The number of nitrogens with zero attached hydrogens (tertiary/aromatic N) is 4. The third-order valence-corrected chi connectivity index (χ3v) is 24.4. The molecule has 0 saturated heterocycles. The molecule has 5 heterocycles. The van der Waals surface area contributed by atoms with Gasteiger partial charge in [-0.1, -0.05) is 211 Å². The van der Waals surface area contributed by atoms with Crippen molar-refractivity contribution in [3.8, 4) is 11.1 Å². The summed E-state index contributed by atoms with van der Waals surface area (Å²) in [5.41, 5.74) is 25.7. The number of anilines is 10. The fourth-order valence-electron chi connectivity index (χ4n) is 17.9. The second-order valence-electron chi connectivity index (χ2n) is 31.2. The van der Waals surface area contributed by atoms with Gasteiger partial charge in [-0.15, -0.1) is 11.3 Å². The van der Waals surface area contributed by atoms with Gasteiger partial charge in [0.25, 0.3) is 6.71 Å². The molecule has 0 radical (unpaired) electrons. The Balaban J connectivity index is 1.06. The first-order chi connectivity index (χ1) is 42.0. The van der Waals surface area contributed by atoms with Crippen LogP contribution in [0.3, 0.4) is 0 Å². The van der Waals surface area contributed by atoms with Crippen molar-refractivity contribution in [2.45, 2.75) is 180 Å². The van der Waals surface area contributed by atoms with Crippen molar-refractivity contribution < 1.29 is 0 Å². The lowest BCUT2D eigenvalue weighted by Gasteiger charge is -2.51. The van der Waals surface area contributed by atoms with Crippen molar-refractivity contribution >= 4 is 111 Å². The molecule has 1 aromatic heterocycles. The predicted molar refractivity (Wildman–Crippen MR) is 381 cm³/mol. The molecule has 6 heteroatoms. The second-order valence-corrected chi connectivity index (χ2v) is 32.2. The summed E-state index contributed by atoms with van der Waals surface area (Å²) >= 11 is 1.92. The Hall–Kier alpha value is -7.54. The number of thiophene rings is 1. The Bertz CT molecular complexity index is 4530. The van der Waals surface area contributed by atoms with Crippen LogP contribution in [-0.2, 0) is 27.1 Å². The molecule has 0 spiro atoms. The maximum absolute atomic E-state index is 2.84. The third-order valence-electron chi connectivity index (χ3n) is 23.2. The topological polar surface area (TPSA) is 13.0 Å². The number of rotatable bonds is 5. The molecule has 88 heavy (non-hydrogen) atoms. The number of hydrogen-bond donors (Lipinski definition) is 0. The zero-order chi connectivity index (χ0) is 60.8. The summed E-state index contributed by atoms with van der Waals surface area (Å²) < 4.78 is 2.63. The highest BCUT2D eigenvalue weighted by molar-refractivity contribution is 7.26. The van der Waals surface area contributed by atoms with Gasteiger partial charge >= 0.3 is 0 Å². The molecule has 4 atom stereocenters. The van der Waals surface area contributed by atoms with E-state index in [9.17, 15) is 0 Å². The Morgan fingerprint density at radius 3 is 1.58 bits per heavy atom. The van der Waals surface area contributed by atoms with E-state index in [0.29, 0.717) is 0 Å². The minimum atomic E-state index is -0.179. The molecule has 4 aliphatic heterocycles. The molecule has 16 rings (SSSR count). The number of para-hydroxylation sites is 1. The summed E-state index contributed by atoms with van der Waals surface area (Å²) in [6, 6.07) is 72.6. The van der Waals surface area contributed by atoms with E-state index >= 15 is 0 Å². The summed E-state index contributed by atoms with van der Waals surface area (Å²) in [5.74, 6) is 0. The summed E-state index contributed by atoms with van der Waals surface area (Å²) in [6.07, 6.45) is 9.50. The van der Waals surface area contributed by atoms with Crippen LogP contribution in [0.25, 0.3) is 31.3 Å². The highest BCUT2D eigenvalue weighted by Gasteiger charge is 2.60. The lowest BCUT2D eigenvalue weighted by molar-refractivity contribution is 0.195. The van der Waals surface area contributed by atoms with Gasteiger partial charge in [-0.05, 0) is 178 Å². The van der Waals surface area contributed by atoms with Gasteiger partial charge in [0.2, 0.25) is 0 Å². The van der Waals surface area contributed by atoms with E-state index in [1.165, 1.54) is 164 Å². The van der Waals surface area contributed by atoms with Crippen molar-refractivity contribution in [2.75, 3.05) is 19.6 Å². The minimum absolute atomic E-state index is 0.0278. The molecule has 4 unspecified atom stereocenters. The van der Waals surface area contributed by atoms with Crippen LogP contribution in [0.2, 0.25) is 0 Å². The van der Waals surface area contributed by atoms with Crippen LogP contribution in [0.4, 0.5) is 56.9 Å². The van der Waals surface area contributed by atoms with Crippen molar-refractivity contribution in [1.29, 1.82) is 0 Å². The largest absolute Gasteiger partial charge is 0.334 e. The second kappa shape index (κ2) is 19.0. The Morgan fingerprint density at radius 1 is 0.386 bits per heavy atom. The van der Waals surface area contributed by atoms with E-state index in [4.69, 9.17) is 0 Å². The molecule has 0 amide bonds. The lowest BCUT2D eigenvalue weighted by atomic mass is 9.33. The zero-order valence-electron chi connectivity index (χ0n) is 54.3. The highest BCUT2D eigenvalue weighted by atomic mass is 32.1. The van der Waals surface area contributed by atoms with E-state index in [2.05, 4.69) is 292 Å².